The van der Waals surface area contributed by atoms with Crippen molar-refractivity contribution in [2.45, 2.75) is 62.9 Å². The minimum atomic E-state index is -0.564. The van der Waals surface area contributed by atoms with Crippen LogP contribution in [0.2, 0.25) is 0 Å². The number of carbonyl (C=O) groups excluding carboxylic acids is 1. The zero-order valence-corrected chi connectivity index (χ0v) is 14.3. The van der Waals surface area contributed by atoms with Crippen molar-refractivity contribution in [2.75, 3.05) is 19.6 Å². The van der Waals surface area contributed by atoms with Crippen LogP contribution in [0, 0.1) is 5.92 Å². The molecule has 0 radical (unpaired) electrons. The number of hydrogen-bond acceptors (Lipinski definition) is 3. The summed E-state index contributed by atoms with van der Waals surface area (Å²) in [6, 6.07) is 0.351. The van der Waals surface area contributed by atoms with Gasteiger partial charge in [-0.25, -0.2) is 0 Å². The fourth-order valence-electron chi connectivity index (χ4n) is 3.49. The molecule has 0 aromatic rings. The van der Waals surface area contributed by atoms with Gasteiger partial charge >= 0.3 is 0 Å². The molecule has 1 aliphatic heterocycles. The molecule has 2 aliphatic carbocycles. The van der Waals surface area contributed by atoms with Gasteiger partial charge in [-0.3, -0.25) is 4.79 Å². The van der Waals surface area contributed by atoms with Gasteiger partial charge in [-0.2, -0.15) is 0 Å². The van der Waals surface area contributed by atoms with Crippen LogP contribution in [-0.2, 0) is 4.79 Å². The van der Waals surface area contributed by atoms with Crippen LogP contribution >= 0.6 is 24.8 Å². The molecule has 1 heterocycles. The van der Waals surface area contributed by atoms with Crippen molar-refractivity contribution in [1.29, 1.82) is 0 Å². The Morgan fingerprint density at radius 2 is 1.67 bits per heavy atom. The molecule has 0 aromatic carbocycles. The van der Waals surface area contributed by atoms with Crippen LogP contribution in [0.3, 0.4) is 0 Å². The van der Waals surface area contributed by atoms with Gasteiger partial charge in [0.25, 0.3) is 0 Å². The van der Waals surface area contributed by atoms with E-state index in [2.05, 4.69) is 10.2 Å². The molecular formula is C15H29Cl2N3O. The maximum absolute atomic E-state index is 12.3. The summed E-state index contributed by atoms with van der Waals surface area (Å²) >= 11 is 0. The fourth-order valence-corrected chi connectivity index (χ4v) is 3.49. The van der Waals surface area contributed by atoms with Gasteiger partial charge in [-0.05, 0) is 44.4 Å². The molecule has 4 nitrogen and oxygen atoms in total. The average molecular weight is 338 g/mol. The van der Waals surface area contributed by atoms with Crippen molar-refractivity contribution < 1.29 is 4.79 Å². The van der Waals surface area contributed by atoms with Gasteiger partial charge < -0.3 is 16.0 Å². The summed E-state index contributed by atoms with van der Waals surface area (Å²) in [5, 5.41) is 3.20. The Labute approximate surface area is 140 Å². The molecule has 0 atom stereocenters. The van der Waals surface area contributed by atoms with Crippen molar-refractivity contribution in [1.82, 2.24) is 10.2 Å². The Hall–Kier alpha value is -0.0300. The summed E-state index contributed by atoms with van der Waals surface area (Å²) in [6.07, 6.45) is 8.95. The number of hydrogen-bond donors (Lipinski definition) is 2. The summed E-state index contributed by atoms with van der Waals surface area (Å²) in [6.45, 7) is 3.56. The number of amides is 1. The number of nitrogens with two attached hydrogens (primary N) is 1. The lowest BCUT2D eigenvalue weighted by atomic mass is 9.96. The SMILES string of the molecule is Cl.Cl.NC1(C(=O)NC2CCN(CC3CC3)CC2)CCCC1. The van der Waals surface area contributed by atoms with E-state index < -0.39 is 5.54 Å². The van der Waals surface area contributed by atoms with E-state index in [4.69, 9.17) is 5.73 Å². The number of piperidine rings is 1. The lowest BCUT2D eigenvalue weighted by Crippen LogP contribution is -2.56. The number of rotatable bonds is 4. The molecular weight excluding hydrogens is 309 g/mol. The fraction of sp³-hybridized carbons (Fsp3) is 0.933. The second-order valence-corrected chi connectivity index (χ2v) is 6.85. The van der Waals surface area contributed by atoms with Crippen molar-refractivity contribution in [3.05, 3.63) is 0 Å². The minimum absolute atomic E-state index is 0. The number of likely N-dealkylation sites (tertiary alicyclic amines) is 1. The summed E-state index contributed by atoms with van der Waals surface area (Å²) in [7, 11) is 0. The third-order valence-corrected chi connectivity index (χ3v) is 5.08. The van der Waals surface area contributed by atoms with Crippen molar-refractivity contribution in [3.63, 3.8) is 0 Å². The van der Waals surface area contributed by atoms with Gasteiger partial charge in [0, 0.05) is 25.7 Å². The predicted octanol–water partition coefficient (Wildman–Crippen LogP) is 2.09. The van der Waals surface area contributed by atoms with E-state index >= 15 is 0 Å². The first-order chi connectivity index (χ1) is 9.16. The minimum Gasteiger partial charge on any atom is -0.352 e. The molecule has 0 aromatic heterocycles. The van der Waals surface area contributed by atoms with Crippen LogP contribution in [0.4, 0.5) is 0 Å². The van der Waals surface area contributed by atoms with Crippen molar-refractivity contribution in [3.8, 4) is 0 Å². The largest absolute Gasteiger partial charge is 0.352 e. The van der Waals surface area contributed by atoms with E-state index in [1.54, 1.807) is 0 Å². The monoisotopic (exact) mass is 337 g/mol. The predicted molar refractivity (Wildman–Crippen MR) is 90.2 cm³/mol. The average Bonchev–Trinajstić information content (AvgIpc) is 3.11. The molecule has 3 fully saturated rings. The maximum Gasteiger partial charge on any atom is 0.240 e. The first-order valence-electron chi connectivity index (χ1n) is 7.98. The Bertz CT molecular complexity index is 336. The van der Waals surface area contributed by atoms with Gasteiger partial charge in [0.2, 0.25) is 5.91 Å². The molecule has 0 spiro atoms. The Balaban J connectivity index is 0.00000110. The highest BCUT2D eigenvalue weighted by molar-refractivity contribution is 5.86. The third kappa shape index (κ3) is 4.98. The highest BCUT2D eigenvalue weighted by Crippen LogP contribution is 2.31. The van der Waals surface area contributed by atoms with E-state index in [1.807, 2.05) is 0 Å². The van der Waals surface area contributed by atoms with Crippen LogP contribution in [0.5, 0.6) is 0 Å². The Morgan fingerprint density at radius 1 is 1.10 bits per heavy atom. The number of carbonyl (C=O) groups is 1. The van der Waals surface area contributed by atoms with E-state index in [1.165, 1.54) is 19.4 Å². The molecule has 21 heavy (non-hydrogen) atoms. The number of nitrogens with zero attached hydrogens (tertiary/aromatic N) is 1. The second-order valence-electron chi connectivity index (χ2n) is 6.85. The van der Waals surface area contributed by atoms with E-state index in [-0.39, 0.29) is 30.7 Å². The summed E-state index contributed by atoms with van der Waals surface area (Å²) < 4.78 is 0. The molecule has 1 amide bonds. The number of halogens is 2. The van der Waals surface area contributed by atoms with Crippen LogP contribution in [-0.4, -0.2) is 42.0 Å². The van der Waals surface area contributed by atoms with Gasteiger partial charge in [-0.15, -0.1) is 24.8 Å². The number of nitrogens with one attached hydrogen (secondary N) is 1. The van der Waals surface area contributed by atoms with Crippen LogP contribution < -0.4 is 11.1 Å². The molecule has 1 saturated heterocycles. The molecule has 124 valence electrons. The molecule has 6 heteroatoms. The van der Waals surface area contributed by atoms with Crippen molar-refractivity contribution in [2.24, 2.45) is 11.7 Å². The molecule has 0 unspecified atom stereocenters. The summed E-state index contributed by atoms with van der Waals surface area (Å²) in [5.74, 6) is 1.07. The van der Waals surface area contributed by atoms with E-state index in [9.17, 15) is 4.79 Å². The zero-order valence-electron chi connectivity index (χ0n) is 12.7. The van der Waals surface area contributed by atoms with Gasteiger partial charge in [0.05, 0.1) is 5.54 Å². The Morgan fingerprint density at radius 3 is 2.19 bits per heavy atom. The zero-order chi connectivity index (χ0) is 13.3. The summed E-state index contributed by atoms with van der Waals surface area (Å²) in [4.78, 5) is 14.8. The molecule has 0 bridgehead atoms. The molecule has 3 rings (SSSR count). The molecule has 2 saturated carbocycles. The first kappa shape index (κ1) is 19.0. The summed E-state index contributed by atoms with van der Waals surface area (Å²) in [5.41, 5.74) is 5.63. The van der Waals surface area contributed by atoms with Crippen molar-refractivity contribution >= 4 is 30.7 Å². The van der Waals surface area contributed by atoms with E-state index in [0.29, 0.717) is 6.04 Å². The van der Waals surface area contributed by atoms with Gasteiger partial charge in [0.15, 0.2) is 0 Å². The maximum atomic E-state index is 12.3. The van der Waals surface area contributed by atoms with Gasteiger partial charge in [0.1, 0.15) is 0 Å². The normalized spacial score (nSPS) is 25.8. The van der Waals surface area contributed by atoms with Crippen LogP contribution in [0.25, 0.3) is 0 Å². The highest BCUT2D eigenvalue weighted by Gasteiger charge is 2.38. The quantitative estimate of drug-likeness (QED) is 0.825. The molecule has 3 aliphatic rings. The van der Waals surface area contributed by atoms with Gasteiger partial charge in [-0.1, -0.05) is 12.8 Å². The lowest BCUT2D eigenvalue weighted by molar-refractivity contribution is -0.127. The first-order valence-corrected chi connectivity index (χ1v) is 7.98. The smallest absolute Gasteiger partial charge is 0.240 e. The standard InChI is InChI=1S/C15H27N3O.2ClH/c16-15(7-1-2-8-15)14(19)17-13-5-9-18(10-6-13)11-12-3-4-12;;/h12-13H,1-11,16H2,(H,17,19);2*1H. The van der Waals surface area contributed by atoms with E-state index in [0.717, 1.165) is 57.5 Å². The van der Waals surface area contributed by atoms with Crippen LogP contribution in [0.15, 0.2) is 0 Å². The third-order valence-electron chi connectivity index (χ3n) is 5.08. The van der Waals surface area contributed by atoms with Crippen LogP contribution in [0.1, 0.15) is 51.4 Å². The topological polar surface area (TPSA) is 58.4 Å². The molecule has 3 N–H and O–H groups in total. The highest BCUT2D eigenvalue weighted by atomic mass is 35.5. The Kier molecular flexibility index (Phi) is 7.25. The second kappa shape index (κ2) is 8.00. The lowest BCUT2D eigenvalue weighted by Gasteiger charge is -2.34.